The second-order valence-corrected chi connectivity index (χ2v) is 13.5. The molecular weight excluding hydrogens is 600 g/mol. The molecule has 2 aliphatic heterocycles. The maximum absolute atomic E-state index is 13.2. The van der Waals surface area contributed by atoms with Crippen LogP contribution in [-0.4, -0.2) is 84.9 Å². The Hall–Kier alpha value is -3.97. The molecular formula is C32H42N4O8S. The van der Waals surface area contributed by atoms with E-state index in [9.17, 15) is 32.7 Å². The average Bonchev–Trinajstić information content (AvgIpc) is 3.55. The number of amides is 3. The lowest BCUT2D eigenvalue weighted by atomic mass is 9.96. The molecule has 0 aromatic heterocycles. The molecule has 0 radical (unpaired) electrons. The fourth-order valence-electron chi connectivity index (χ4n) is 5.63. The van der Waals surface area contributed by atoms with Gasteiger partial charge in [0, 0.05) is 32.1 Å². The van der Waals surface area contributed by atoms with Crippen LogP contribution in [0.1, 0.15) is 56.1 Å². The summed E-state index contributed by atoms with van der Waals surface area (Å²) in [4.78, 5) is 51.7. The molecule has 12 nitrogen and oxygen atoms in total. The molecule has 2 heterocycles. The molecule has 244 valence electrons. The molecule has 2 aromatic carbocycles. The van der Waals surface area contributed by atoms with E-state index in [1.54, 1.807) is 17.0 Å². The number of carboxylic acids is 1. The second kappa shape index (κ2) is 15.8. The highest BCUT2D eigenvalue weighted by molar-refractivity contribution is 7.89. The van der Waals surface area contributed by atoms with E-state index in [1.165, 1.54) is 12.1 Å². The zero-order valence-corrected chi connectivity index (χ0v) is 26.3. The van der Waals surface area contributed by atoms with Crippen molar-refractivity contribution in [1.29, 1.82) is 0 Å². The van der Waals surface area contributed by atoms with Gasteiger partial charge in [-0.2, -0.15) is 4.31 Å². The molecule has 13 heteroatoms. The number of rotatable bonds is 13. The van der Waals surface area contributed by atoms with Crippen molar-refractivity contribution >= 4 is 33.9 Å². The number of carboxylic acid groups (broad SMARTS) is 1. The number of likely N-dealkylation sites (tertiary alicyclic amines) is 1. The summed E-state index contributed by atoms with van der Waals surface area (Å²) in [7, 11) is -3.91. The minimum atomic E-state index is -3.91. The Kier molecular flexibility index (Phi) is 11.9. The van der Waals surface area contributed by atoms with E-state index in [2.05, 4.69) is 10.6 Å². The van der Waals surface area contributed by atoms with Crippen molar-refractivity contribution < 1.29 is 37.4 Å². The molecule has 0 saturated carbocycles. The van der Waals surface area contributed by atoms with Crippen molar-refractivity contribution in [3.8, 4) is 0 Å². The summed E-state index contributed by atoms with van der Waals surface area (Å²) < 4.78 is 32.9. The number of ether oxygens (including phenoxy) is 1. The first-order valence-electron chi connectivity index (χ1n) is 15.4. The van der Waals surface area contributed by atoms with Gasteiger partial charge >= 0.3 is 12.1 Å². The lowest BCUT2D eigenvalue weighted by Gasteiger charge is -2.30. The summed E-state index contributed by atoms with van der Waals surface area (Å²) in [5.74, 6) is -2.15. The zero-order chi connectivity index (χ0) is 32.4. The van der Waals surface area contributed by atoms with Gasteiger partial charge in [0.15, 0.2) is 0 Å². The van der Waals surface area contributed by atoms with Crippen LogP contribution in [0.3, 0.4) is 0 Å². The van der Waals surface area contributed by atoms with Crippen LogP contribution in [0.2, 0.25) is 0 Å². The molecule has 3 N–H and O–H groups in total. The number of unbranched alkanes of at least 4 members (excludes halogenated alkanes) is 1. The van der Waals surface area contributed by atoms with Gasteiger partial charge in [-0.3, -0.25) is 9.59 Å². The van der Waals surface area contributed by atoms with E-state index >= 15 is 0 Å². The number of hydrogen-bond acceptors (Lipinski definition) is 7. The highest BCUT2D eigenvalue weighted by Crippen LogP contribution is 2.27. The van der Waals surface area contributed by atoms with Gasteiger partial charge in [-0.05, 0) is 69.6 Å². The summed E-state index contributed by atoms with van der Waals surface area (Å²) in [6, 6.07) is 13.7. The van der Waals surface area contributed by atoms with Crippen molar-refractivity contribution in [2.24, 2.45) is 5.92 Å². The van der Waals surface area contributed by atoms with Gasteiger partial charge in [0.05, 0.1) is 4.90 Å². The highest BCUT2D eigenvalue weighted by atomic mass is 32.2. The molecule has 2 aromatic rings. The molecule has 2 saturated heterocycles. The summed E-state index contributed by atoms with van der Waals surface area (Å²) in [6.07, 6.45) is 2.53. The van der Waals surface area contributed by atoms with Crippen LogP contribution < -0.4 is 10.6 Å². The first-order chi connectivity index (χ1) is 21.6. The Labute approximate surface area is 264 Å². The molecule has 0 unspecified atom stereocenters. The minimum Gasteiger partial charge on any atom is -0.480 e. The van der Waals surface area contributed by atoms with E-state index < -0.39 is 40.1 Å². The number of benzene rings is 2. The number of aliphatic carboxylic acids is 1. The van der Waals surface area contributed by atoms with Crippen molar-refractivity contribution in [3.63, 3.8) is 0 Å². The SMILES string of the molecule is Cc1ccc(S(=O)(=O)N2CCC[C@H]2C(=O)N[C@@H](CCCCNC(=O)C2CCN(C(=O)OCc3ccccc3)CC2)C(=O)O)cc1. The predicted molar refractivity (Wildman–Crippen MR) is 165 cm³/mol. The number of hydrogen-bond donors (Lipinski definition) is 3. The van der Waals surface area contributed by atoms with Crippen LogP contribution in [0.25, 0.3) is 0 Å². The van der Waals surface area contributed by atoms with Gasteiger partial charge in [0.25, 0.3) is 0 Å². The quantitative estimate of drug-likeness (QED) is 0.281. The Morgan fingerprint density at radius 2 is 1.62 bits per heavy atom. The smallest absolute Gasteiger partial charge is 0.410 e. The number of aryl methyl sites for hydroxylation is 1. The molecule has 2 fully saturated rings. The zero-order valence-electron chi connectivity index (χ0n) is 25.5. The second-order valence-electron chi connectivity index (χ2n) is 11.6. The van der Waals surface area contributed by atoms with E-state index in [4.69, 9.17) is 4.74 Å². The summed E-state index contributed by atoms with van der Waals surface area (Å²) >= 11 is 0. The third-order valence-electron chi connectivity index (χ3n) is 8.30. The summed E-state index contributed by atoms with van der Waals surface area (Å²) in [5.41, 5.74) is 1.81. The molecule has 45 heavy (non-hydrogen) atoms. The topological polar surface area (TPSA) is 162 Å². The Morgan fingerprint density at radius 3 is 2.29 bits per heavy atom. The first kappa shape index (κ1) is 33.9. The third-order valence-corrected chi connectivity index (χ3v) is 10.2. The molecule has 0 spiro atoms. The van der Waals surface area contributed by atoms with Gasteiger partial charge in [0.2, 0.25) is 21.8 Å². The molecule has 3 amide bonds. The monoisotopic (exact) mass is 642 g/mol. The van der Waals surface area contributed by atoms with E-state index in [-0.39, 0.29) is 36.3 Å². The number of sulfonamides is 1. The van der Waals surface area contributed by atoms with Crippen molar-refractivity contribution in [2.75, 3.05) is 26.2 Å². The summed E-state index contributed by atoms with van der Waals surface area (Å²) in [6.45, 7) is 3.43. The normalized spacial score (nSPS) is 18.2. The van der Waals surface area contributed by atoms with E-state index in [0.29, 0.717) is 58.2 Å². The van der Waals surface area contributed by atoms with E-state index in [1.807, 2.05) is 37.3 Å². The largest absolute Gasteiger partial charge is 0.480 e. The standard InChI is InChI=1S/C32H42N4O8S/c1-23-12-14-26(15-13-23)45(42,43)36-19-7-11-28(36)30(38)34-27(31(39)40)10-5-6-18-33-29(37)25-16-20-35(21-17-25)32(41)44-22-24-8-3-2-4-9-24/h2-4,8-9,12-15,25,27-28H,5-7,10-11,16-22H2,1H3,(H,33,37)(H,34,38)(H,39,40)/t27-,28-/m0/s1. The maximum Gasteiger partial charge on any atom is 0.410 e. The molecule has 2 atom stereocenters. The fourth-order valence-corrected chi connectivity index (χ4v) is 7.28. The van der Waals surface area contributed by atoms with Gasteiger partial charge in [0.1, 0.15) is 18.7 Å². The predicted octanol–water partition coefficient (Wildman–Crippen LogP) is 3.05. The molecule has 0 aliphatic carbocycles. The van der Waals surface area contributed by atoms with Crippen molar-refractivity contribution in [1.82, 2.24) is 19.8 Å². The van der Waals surface area contributed by atoms with Crippen molar-refractivity contribution in [2.45, 2.75) is 75.5 Å². The third kappa shape index (κ3) is 9.27. The number of carbonyl (C=O) groups is 4. The number of nitrogens with zero attached hydrogens (tertiary/aromatic N) is 2. The van der Waals surface area contributed by atoms with Crippen LogP contribution in [0, 0.1) is 12.8 Å². The van der Waals surface area contributed by atoms with Gasteiger partial charge < -0.3 is 25.4 Å². The number of carbonyl (C=O) groups excluding carboxylic acids is 3. The average molecular weight is 643 g/mol. The van der Waals surface area contributed by atoms with Crippen LogP contribution in [-0.2, 0) is 35.8 Å². The van der Waals surface area contributed by atoms with Crippen LogP contribution in [0.5, 0.6) is 0 Å². The van der Waals surface area contributed by atoms with Crippen LogP contribution >= 0.6 is 0 Å². The Balaban J connectivity index is 1.15. The lowest BCUT2D eigenvalue weighted by molar-refractivity contribution is -0.142. The number of nitrogens with one attached hydrogen (secondary N) is 2. The van der Waals surface area contributed by atoms with Crippen LogP contribution in [0.15, 0.2) is 59.5 Å². The van der Waals surface area contributed by atoms with Gasteiger partial charge in [-0.15, -0.1) is 0 Å². The lowest BCUT2D eigenvalue weighted by Crippen LogP contribution is -2.50. The van der Waals surface area contributed by atoms with Crippen molar-refractivity contribution in [3.05, 3.63) is 65.7 Å². The molecule has 4 rings (SSSR count). The Bertz CT molecular complexity index is 1430. The molecule has 0 bridgehead atoms. The maximum atomic E-state index is 13.2. The van der Waals surface area contributed by atoms with E-state index in [0.717, 1.165) is 15.4 Å². The van der Waals surface area contributed by atoms with Gasteiger partial charge in [-0.25, -0.2) is 18.0 Å². The van der Waals surface area contributed by atoms with Gasteiger partial charge in [-0.1, -0.05) is 48.0 Å². The first-order valence-corrected chi connectivity index (χ1v) is 16.9. The molecule has 2 aliphatic rings. The minimum absolute atomic E-state index is 0.0940. The number of piperidine rings is 1. The Morgan fingerprint density at radius 1 is 0.933 bits per heavy atom. The highest BCUT2D eigenvalue weighted by Gasteiger charge is 2.40. The van der Waals surface area contributed by atoms with Crippen LogP contribution in [0.4, 0.5) is 4.79 Å². The fraction of sp³-hybridized carbons (Fsp3) is 0.500. The summed E-state index contributed by atoms with van der Waals surface area (Å²) in [5, 5.41) is 15.1.